The van der Waals surface area contributed by atoms with E-state index >= 15 is 0 Å². The van der Waals surface area contributed by atoms with Crippen LogP contribution >= 0.6 is 27.3 Å². The average Bonchev–Trinajstić information content (AvgIpc) is 2.70. The number of nitrogens with two attached hydrogens (primary N) is 1. The standard InChI is InChI=1S/C14H23BrN2O2S/c1-8(2)10(16)6-7-17(4)14(18)13-12(19-5)11(15)9(3)20-13/h8,10H,6-7,16H2,1-5H3. The molecule has 0 radical (unpaired) electrons. The third kappa shape index (κ3) is 3.96. The fourth-order valence-corrected chi connectivity index (χ4v) is 3.52. The van der Waals surface area contributed by atoms with Crippen LogP contribution in [0.4, 0.5) is 0 Å². The van der Waals surface area contributed by atoms with Crippen LogP contribution in [0, 0.1) is 12.8 Å². The number of nitrogens with zero attached hydrogens (tertiary/aromatic N) is 1. The smallest absolute Gasteiger partial charge is 0.267 e. The van der Waals surface area contributed by atoms with Crippen molar-refractivity contribution in [2.24, 2.45) is 11.7 Å². The largest absolute Gasteiger partial charge is 0.494 e. The zero-order chi connectivity index (χ0) is 15.4. The summed E-state index contributed by atoms with van der Waals surface area (Å²) < 4.78 is 6.19. The number of hydrogen-bond acceptors (Lipinski definition) is 4. The van der Waals surface area contributed by atoms with Crippen molar-refractivity contribution in [1.29, 1.82) is 0 Å². The van der Waals surface area contributed by atoms with Crippen LogP contribution in [0.1, 0.15) is 34.8 Å². The second-order valence-corrected chi connectivity index (χ2v) is 7.28. The predicted molar refractivity (Wildman–Crippen MR) is 87.7 cm³/mol. The van der Waals surface area contributed by atoms with Gasteiger partial charge in [-0.05, 0) is 35.2 Å². The van der Waals surface area contributed by atoms with Gasteiger partial charge in [-0.2, -0.15) is 0 Å². The third-order valence-corrected chi connectivity index (χ3v) is 5.66. The molecule has 0 fully saturated rings. The molecule has 0 aliphatic heterocycles. The van der Waals surface area contributed by atoms with Crippen LogP contribution in [0.15, 0.2) is 4.47 Å². The highest BCUT2D eigenvalue weighted by Crippen LogP contribution is 2.39. The number of methoxy groups -OCH3 is 1. The molecule has 1 heterocycles. The zero-order valence-corrected chi connectivity index (χ0v) is 15.1. The van der Waals surface area contributed by atoms with Crippen LogP contribution in [0.3, 0.4) is 0 Å². The molecule has 114 valence electrons. The second-order valence-electron chi connectivity index (χ2n) is 5.26. The molecule has 6 heteroatoms. The van der Waals surface area contributed by atoms with Gasteiger partial charge in [-0.15, -0.1) is 11.3 Å². The summed E-state index contributed by atoms with van der Waals surface area (Å²) in [6.45, 7) is 6.79. The Bertz CT molecular complexity index is 474. The van der Waals surface area contributed by atoms with Crippen molar-refractivity contribution in [2.75, 3.05) is 20.7 Å². The molecule has 1 aromatic rings. The number of amides is 1. The maximum atomic E-state index is 12.5. The number of ether oxygens (including phenoxy) is 1. The van der Waals surface area contributed by atoms with Crippen LogP contribution in [0.25, 0.3) is 0 Å². The van der Waals surface area contributed by atoms with Crippen LogP contribution < -0.4 is 10.5 Å². The second kappa shape index (κ2) is 7.43. The van der Waals surface area contributed by atoms with E-state index in [2.05, 4.69) is 29.8 Å². The molecule has 1 rings (SSSR count). The number of hydrogen-bond donors (Lipinski definition) is 1. The summed E-state index contributed by atoms with van der Waals surface area (Å²) in [5.74, 6) is 1.03. The Labute approximate surface area is 133 Å². The number of aryl methyl sites for hydroxylation is 1. The molecule has 1 aromatic heterocycles. The molecule has 1 amide bonds. The van der Waals surface area contributed by atoms with Gasteiger partial charge < -0.3 is 15.4 Å². The highest BCUT2D eigenvalue weighted by atomic mass is 79.9. The summed E-state index contributed by atoms with van der Waals surface area (Å²) in [7, 11) is 3.38. The van der Waals surface area contributed by atoms with E-state index in [0.29, 0.717) is 23.1 Å². The van der Waals surface area contributed by atoms with Gasteiger partial charge in [0, 0.05) is 24.5 Å². The van der Waals surface area contributed by atoms with Crippen LogP contribution in [-0.4, -0.2) is 37.6 Å². The molecule has 0 aromatic carbocycles. The topological polar surface area (TPSA) is 55.6 Å². The van der Waals surface area contributed by atoms with Crippen molar-refractivity contribution in [3.63, 3.8) is 0 Å². The first-order chi connectivity index (χ1) is 9.29. The van der Waals surface area contributed by atoms with E-state index in [0.717, 1.165) is 15.8 Å². The Morgan fingerprint density at radius 2 is 2.10 bits per heavy atom. The van der Waals surface area contributed by atoms with Gasteiger partial charge in [0.25, 0.3) is 5.91 Å². The SMILES string of the molecule is COc1c(C(=O)N(C)CCC(N)C(C)C)sc(C)c1Br. The van der Waals surface area contributed by atoms with E-state index in [1.807, 2.05) is 6.92 Å². The third-order valence-electron chi connectivity index (χ3n) is 3.37. The van der Waals surface area contributed by atoms with E-state index in [4.69, 9.17) is 10.5 Å². The van der Waals surface area contributed by atoms with Crippen molar-refractivity contribution in [1.82, 2.24) is 4.90 Å². The van der Waals surface area contributed by atoms with Gasteiger partial charge in [0.1, 0.15) is 4.88 Å². The van der Waals surface area contributed by atoms with Gasteiger partial charge in [-0.3, -0.25) is 4.79 Å². The summed E-state index contributed by atoms with van der Waals surface area (Å²) in [5.41, 5.74) is 6.02. The molecule has 1 unspecified atom stereocenters. The average molecular weight is 363 g/mol. The Balaban J connectivity index is 2.77. The molecule has 1 atom stereocenters. The number of carbonyl (C=O) groups excluding carboxylic acids is 1. The lowest BCUT2D eigenvalue weighted by molar-refractivity contribution is 0.0791. The minimum atomic E-state index is -0.0170. The highest BCUT2D eigenvalue weighted by molar-refractivity contribution is 9.10. The quantitative estimate of drug-likeness (QED) is 0.844. The lowest BCUT2D eigenvalue weighted by atomic mass is 10.0. The number of carbonyl (C=O) groups is 1. The van der Waals surface area contributed by atoms with E-state index in [1.54, 1.807) is 19.1 Å². The normalized spacial score (nSPS) is 12.6. The molecule has 0 saturated carbocycles. The van der Waals surface area contributed by atoms with Crippen LogP contribution in [0.5, 0.6) is 5.75 Å². The minimum absolute atomic E-state index is 0.0170. The maximum absolute atomic E-state index is 12.5. The predicted octanol–water partition coefficient (Wildman–Crippen LogP) is 3.27. The number of rotatable bonds is 6. The molecule has 0 aliphatic carbocycles. The number of thiophene rings is 1. The van der Waals surface area contributed by atoms with Gasteiger partial charge in [0.15, 0.2) is 5.75 Å². The van der Waals surface area contributed by atoms with E-state index < -0.39 is 0 Å². The number of halogens is 1. The summed E-state index contributed by atoms with van der Waals surface area (Å²) in [5, 5.41) is 0. The lowest BCUT2D eigenvalue weighted by Crippen LogP contribution is -2.34. The Hall–Kier alpha value is -0.590. The molecule has 20 heavy (non-hydrogen) atoms. The summed E-state index contributed by atoms with van der Waals surface area (Å²) in [6.07, 6.45) is 0.799. The Kier molecular flexibility index (Phi) is 6.48. The molecule has 0 spiro atoms. The zero-order valence-electron chi connectivity index (χ0n) is 12.7. The molecular weight excluding hydrogens is 340 g/mol. The van der Waals surface area contributed by atoms with Gasteiger partial charge >= 0.3 is 0 Å². The molecule has 0 saturated heterocycles. The maximum Gasteiger partial charge on any atom is 0.267 e. The van der Waals surface area contributed by atoms with Gasteiger partial charge in [-0.1, -0.05) is 13.8 Å². The van der Waals surface area contributed by atoms with E-state index in [-0.39, 0.29) is 11.9 Å². The van der Waals surface area contributed by atoms with Crippen molar-refractivity contribution < 1.29 is 9.53 Å². The minimum Gasteiger partial charge on any atom is -0.494 e. The van der Waals surface area contributed by atoms with Gasteiger partial charge in [0.05, 0.1) is 11.6 Å². The lowest BCUT2D eigenvalue weighted by Gasteiger charge is -2.21. The summed E-state index contributed by atoms with van der Waals surface area (Å²) >= 11 is 4.90. The highest BCUT2D eigenvalue weighted by Gasteiger charge is 2.23. The van der Waals surface area contributed by atoms with Gasteiger partial charge in [-0.25, -0.2) is 0 Å². The first kappa shape index (κ1) is 17.5. The van der Waals surface area contributed by atoms with Crippen molar-refractivity contribution >= 4 is 33.2 Å². The van der Waals surface area contributed by atoms with Crippen LogP contribution in [-0.2, 0) is 0 Å². The Morgan fingerprint density at radius 3 is 2.60 bits per heavy atom. The molecule has 0 bridgehead atoms. The first-order valence-corrected chi connectivity index (χ1v) is 8.24. The fraction of sp³-hybridized carbons (Fsp3) is 0.643. The van der Waals surface area contributed by atoms with E-state index in [9.17, 15) is 4.79 Å². The van der Waals surface area contributed by atoms with Crippen molar-refractivity contribution in [3.8, 4) is 5.75 Å². The monoisotopic (exact) mass is 362 g/mol. The summed E-state index contributed by atoms with van der Waals surface area (Å²) in [6, 6.07) is 0.115. The summed E-state index contributed by atoms with van der Waals surface area (Å²) in [4.78, 5) is 15.9. The van der Waals surface area contributed by atoms with Crippen molar-refractivity contribution in [2.45, 2.75) is 33.2 Å². The molecule has 0 aliphatic rings. The Morgan fingerprint density at radius 1 is 1.50 bits per heavy atom. The molecular formula is C14H23BrN2O2S. The molecule has 4 nitrogen and oxygen atoms in total. The molecule has 2 N–H and O–H groups in total. The van der Waals surface area contributed by atoms with Crippen molar-refractivity contribution in [3.05, 3.63) is 14.2 Å². The first-order valence-electron chi connectivity index (χ1n) is 6.63. The fourth-order valence-electron chi connectivity index (χ4n) is 1.78. The van der Waals surface area contributed by atoms with Gasteiger partial charge in [0.2, 0.25) is 0 Å². The van der Waals surface area contributed by atoms with E-state index in [1.165, 1.54) is 11.3 Å². The van der Waals surface area contributed by atoms with Crippen LogP contribution in [0.2, 0.25) is 0 Å².